The second kappa shape index (κ2) is 6.75. The molecule has 1 aliphatic rings. The number of hydrogen-bond donors (Lipinski definition) is 1. The molecule has 5 nitrogen and oxygen atoms in total. The molecular formula is C16H22BBrN2O3. The van der Waals surface area contributed by atoms with E-state index in [0.717, 1.165) is 15.6 Å². The van der Waals surface area contributed by atoms with Gasteiger partial charge in [-0.1, -0.05) is 12.1 Å². The molecule has 1 fully saturated rings. The normalized spacial score (nSPS) is 19.7. The fourth-order valence-corrected chi connectivity index (χ4v) is 2.34. The Hall–Kier alpha value is -1.18. The van der Waals surface area contributed by atoms with Crippen LogP contribution in [0.5, 0.6) is 0 Å². The smallest absolute Gasteiger partial charge is 0.400 e. The number of aromatic nitrogens is 1. The van der Waals surface area contributed by atoms with Crippen LogP contribution in [0.3, 0.4) is 0 Å². The highest BCUT2D eigenvalue weighted by molar-refractivity contribution is 9.10. The third-order valence-corrected chi connectivity index (χ3v) is 4.67. The molecule has 2 heterocycles. The maximum absolute atomic E-state index is 11.3. The minimum absolute atomic E-state index is 0.0960. The van der Waals surface area contributed by atoms with Crippen LogP contribution in [0.4, 0.5) is 0 Å². The van der Waals surface area contributed by atoms with Crippen molar-refractivity contribution in [3.8, 4) is 0 Å². The molecule has 1 aliphatic heterocycles. The standard InChI is InChI=1S/C16H22BBrN2O3/c1-11(21)19-10-13(8-12-6-7-14(18)20-9-12)17-22-15(2,3)16(4,5)23-17/h6-9H,10H2,1-5H3,(H,19,21). The Kier molecular flexibility index (Phi) is 5.33. The first-order chi connectivity index (χ1) is 10.6. The van der Waals surface area contributed by atoms with Crippen LogP contribution in [0, 0.1) is 0 Å². The number of nitrogens with one attached hydrogen (secondary N) is 1. The molecule has 0 aliphatic carbocycles. The van der Waals surface area contributed by atoms with Crippen molar-refractivity contribution < 1.29 is 14.1 Å². The Balaban J connectivity index is 2.28. The molecule has 7 heteroatoms. The molecule has 1 amide bonds. The lowest BCUT2D eigenvalue weighted by Crippen LogP contribution is -2.41. The molecule has 1 aromatic heterocycles. The van der Waals surface area contributed by atoms with Gasteiger partial charge >= 0.3 is 7.12 Å². The van der Waals surface area contributed by atoms with Crippen molar-refractivity contribution in [1.29, 1.82) is 0 Å². The lowest BCUT2D eigenvalue weighted by atomic mass is 9.77. The monoisotopic (exact) mass is 380 g/mol. The fourth-order valence-electron chi connectivity index (χ4n) is 2.11. The van der Waals surface area contributed by atoms with E-state index in [1.54, 1.807) is 6.20 Å². The van der Waals surface area contributed by atoms with Gasteiger partial charge in [0.25, 0.3) is 0 Å². The van der Waals surface area contributed by atoms with Crippen molar-refractivity contribution in [2.75, 3.05) is 6.54 Å². The fraction of sp³-hybridized carbons (Fsp3) is 0.500. The summed E-state index contributed by atoms with van der Waals surface area (Å²) >= 11 is 3.32. The summed E-state index contributed by atoms with van der Waals surface area (Å²) in [6.45, 7) is 9.87. The van der Waals surface area contributed by atoms with E-state index in [2.05, 4.69) is 26.2 Å². The molecule has 0 radical (unpaired) electrons. The Labute approximate surface area is 146 Å². The van der Waals surface area contributed by atoms with Gasteiger partial charge in [0.15, 0.2) is 0 Å². The molecule has 2 rings (SSSR count). The van der Waals surface area contributed by atoms with Crippen molar-refractivity contribution in [3.63, 3.8) is 0 Å². The van der Waals surface area contributed by atoms with E-state index >= 15 is 0 Å². The lowest BCUT2D eigenvalue weighted by molar-refractivity contribution is -0.118. The number of halogens is 1. The zero-order valence-electron chi connectivity index (χ0n) is 14.1. The molecule has 0 spiro atoms. The van der Waals surface area contributed by atoms with E-state index < -0.39 is 18.3 Å². The first-order valence-corrected chi connectivity index (χ1v) is 8.32. The van der Waals surface area contributed by atoms with Crippen molar-refractivity contribution >= 4 is 35.0 Å². The van der Waals surface area contributed by atoms with E-state index in [1.807, 2.05) is 45.9 Å². The van der Waals surface area contributed by atoms with Crippen molar-refractivity contribution in [3.05, 3.63) is 34.0 Å². The summed E-state index contributed by atoms with van der Waals surface area (Å²) < 4.78 is 12.9. The first-order valence-electron chi connectivity index (χ1n) is 7.53. The summed E-state index contributed by atoms with van der Waals surface area (Å²) in [5.74, 6) is -0.0960. The van der Waals surface area contributed by atoms with Gasteiger partial charge in [-0.15, -0.1) is 0 Å². The summed E-state index contributed by atoms with van der Waals surface area (Å²) in [6.07, 6.45) is 3.70. The Morgan fingerprint density at radius 3 is 2.39 bits per heavy atom. The number of amides is 1. The van der Waals surface area contributed by atoms with Gasteiger partial charge in [-0.25, -0.2) is 4.98 Å². The second-order valence-electron chi connectivity index (χ2n) is 6.63. The molecule has 0 bridgehead atoms. The molecule has 1 aromatic rings. The number of nitrogens with zero attached hydrogens (tertiary/aromatic N) is 1. The Morgan fingerprint density at radius 2 is 1.91 bits per heavy atom. The number of rotatable bonds is 4. The van der Waals surface area contributed by atoms with Gasteiger partial charge in [-0.2, -0.15) is 0 Å². The minimum Gasteiger partial charge on any atom is -0.400 e. The molecule has 1 saturated heterocycles. The van der Waals surface area contributed by atoms with Crippen LogP contribution in [0.25, 0.3) is 6.08 Å². The topological polar surface area (TPSA) is 60.5 Å². The molecule has 1 N–H and O–H groups in total. The second-order valence-corrected chi connectivity index (χ2v) is 7.44. The van der Waals surface area contributed by atoms with Crippen molar-refractivity contribution in [1.82, 2.24) is 10.3 Å². The largest absolute Gasteiger partial charge is 0.492 e. The maximum Gasteiger partial charge on any atom is 0.492 e. The van der Waals surface area contributed by atoms with E-state index in [4.69, 9.17) is 9.31 Å². The average molecular weight is 381 g/mol. The van der Waals surface area contributed by atoms with E-state index in [0.29, 0.717) is 6.54 Å². The highest BCUT2D eigenvalue weighted by Gasteiger charge is 2.52. The van der Waals surface area contributed by atoms with Gasteiger partial charge in [0.1, 0.15) is 4.60 Å². The Bertz CT molecular complexity index is 598. The van der Waals surface area contributed by atoms with E-state index in [9.17, 15) is 4.79 Å². The van der Waals surface area contributed by atoms with Crippen molar-refractivity contribution in [2.24, 2.45) is 0 Å². The molecule has 23 heavy (non-hydrogen) atoms. The van der Waals surface area contributed by atoms with Crippen LogP contribution in [0.15, 0.2) is 28.4 Å². The van der Waals surface area contributed by atoms with Gasteiger partial charge in [0.2, 0.25) is 5.91 Å². The minimum atomic E-state index is -0.504. The summed E-state index contributed by atoms with van der Waals surface area (Å²) in [5.41, 5.74) is 0.918. The SMILES string of the molecule is CC(=O)NCC(=Cc1ccc(Br)nc1)B1OC(C)(C)C(C)(C)O1. The predicted octanol–water partition coefficient (Wildman–Crippen LogP) is 3.00. The van der Waals surface area contributed by atoms with Crippen LogP contribution >= 0.6 is 15.9 Å². The molecule has 0 saturated carbocycles. The third-order valence-electron chi connectivity index (χ3n) is 4.20. The van der Waals surface area contributed by atoms with Crippen LogP contribution in [0.2, 0.25) is 0 Å². The molecule has 0 aromatic carbocycles. The summed E-state index contributed by atoms with van der Waals surface area (Å²) in [7, 11) is -0.504. The van der Waals surface area contributed by atoms with Crippen LogP contribution in [-0.2, 0) is 14.1 Å². The summed E-state index contributed by atoms with van der Waals surface area (Å²) in [4.78, 5) is 15.5. The van der Waals surface area contributed by atoms with Crippen LogP contribution < -0.4 is 5.32 Å². The number of hydrogen-bond acceptors (Lipinski definition) is 4. The van der Waals surface area contributed by atoms with Gasteiger partial charge < -0.3 is 14.6 Å². The first kappa shape index (κ1) is 18.2. The zero-order valence-corrected chi connectivity index (χ0v) is 15.7. The number of carbonyl (C=O) groups is 1. The van der Waals surface area contributed by atoms with E-state index in [1.165, 1.54) is 6.92 Å². The van der Waals surface area contributed by atoms with Gasteiger partial charge in [0, 0.05) is 19.7 Å². The molecule has 124 valence electrons. The van der Waals surface area contributed by atoms with Crippen molar-refractivity contribution in [2.45, 2.75) is 45.8 Å². The van der Waals surface area contributed by atoms with Crippen LogP contribution in [0.1, 0.15) is 40.2 Å². The Morgan fingerprint density at radius 1 is 1.30 bits per heavy atom. The molecular weight excluding hydrogens is 359 g/mol. The zero-order chi connectivity index (χ0) is 17.3. The van der Waals surface area contributed by atoms with Crippen LogP contribution in [-0.4, -0.2) is 35.8 Å². The van der Waals surface area contributed by atoms with Gasteiger partial charge in [0.05, 0.1) is 11.2 Å². The highest BCUT2D eigenvalue weighted by Crippen LogP contribution is 2.38. The van der Waals surface area contributed by atoms with E-state index in [-0.39, 0.29) is 5.91 Å². The predicted molar refractivity (Wildman–Crippen MR) is 94.7 cm³/mol. The number of carbonyl (C=O) groups excluding carboxylic acids is 1. The van der Waals surface area contributed by atoms with Gasteiger partial charge in [-0.3, -0.25) is 4.79 Å². The maximum atomic E-state index is 11.3. The summed E-state index contributed by atoms with van der Waals surface area (Å²) in [6, 6.07) is 3.81. The average Bonchev–Trinajstić information content (AvgIpc) is 2.65. The summed E-state index contributed by atoms with van der Waals surface area (Å²) in [5, 5.41) is 2.81. The van der Waals surface area contributed by atoms with Gasteiger partial charge in [-0.05, 0) is 60.7 Å². The highest BCUT2D eigenvalue weighted by atomic mass is 79.9. The number of pyridine rings is 1. The lowest BCUT2D eigenvalue weighted by Gasteiger charge is -2.32. The molecule has 0 unspecified atom stereocenters. The third kappa shape index (κ3) is 4.43. The molecule has 0 atom stereocenters. The quantitative estimate of drug-likeness (QED) is 0.644.